The molecule has 1 aliphatic heterocycles. The van der Waals surface area contributed by atoms with Crippen molar-refractivity contribution in [1.82, 2.24) is 19.9 Å². The fourth-order valence-corrected chi connectivity index (χ4v) is 3.49. The standard InChI is InChI=1S/C21H30N4O4/c1-5-6-7-19-22-20(29-23-19)15(2)24-10-12-25(13-11-24)21(26)16-8-9-17(27-3)18(14-16)28-4/h8-9,14-15H,5-7,10-13H2,1-4H3. The van der Waals surface area contributed by atoms with Gasteiger partial charge in [-0.15, -0.1) is 0 Å². The maximum absolute atomic E-state index is 12.9. The van der Waals surface area contributed by atoms with Gasteiger partial charge in [-0.25, -0.2) is 0 Å². The van der Waals surface area contributed by atoms with Crippen molar-refractivity contribution in [2.45, 2.75) is 39.2 Å². The minimum absolute atomic E-state index is 0.00195. The summed E-state index contributed by atoms with van der Waals surface area (Å²) in [7, 11) is 3.15. The molecule has 2 aromatic rings. The molecule has 29 heavy (non-hydrogen) atoms. The highest BCUT2D eigenvalue weighted by Crippen LogP contribution is 2.28. The Labute approximate surface area is 171 Å². The number of rotatable bonds is 8. The van der Waals surface area contributed by atoms with Crippen LogP contribution in [0.1, 0.15) is 54.8 Å². The van der Waals surface area contributed by atoms with Gasteiger partial charge in [-0.2, -0.15) is 4.98 Å². The Hall–Kier alpha value is -2.61. The van der Waals surface area contributed by atoms with E-state index in [0.29, 0.717) is 36.0 Å². The van der Waals surface area contributed by atoms with Gasteiger partial charge in [0.2, 0.25) is 5.89 Å². The third-order valence-corrected chi connectivity index (χ3v) is 5.37. The lowest BCUT2D eigenvalue weighted by Gasteiger charge is -2.36. The summed E-state index contributed by atoms with van der Waals surface area (Å²) in [5, 5.41) is 4.08. The molecule has 1 aromatic heterocycles. The zero-order valence-electron chi connectivity index (χ0n) is 17.7. The Bertz CT molecular complexity index is 815. The van der Waals surface area contributed by atoms with Crippen LogP contribution in [-0.4, -0.2) is 66.2 Å². The lowest BCUT2D eigenvalue weighted by molar-refractivity contribution is 0.0551. The van der Waals surface area contributed by atoms with Gasteiger partial charge in [0.25, 0.3) is 5.91 Å². The number of carbonyl (C=O) groups excluding carboxylic acids is 1. The molecule has 1 saturated heterocycles. The number of methoxy groups -OCH3 is 2. The van der Waals surface area contributed by atoms with E-state index in [1.807, 2.05) is 4.90 Å². The smallest absolute Gasteiger partial charge is 0.254 e. The zero-order valence-corrected chi connectivity index (χ0v) is 17.7. The van der Waals surface area contributed by atoms with Crippen LogP contribution in [0.3, 0.4) is 0 Å². The Morgan fingerprint density at radius 3 is 2.55 bits per heavy atom. The number of piperazine rings is 1. The molecule has 0 N–H and O–H groups in total. The third kappa shape index (κ3) is 4.87. The molecular formula is C21H30N4O4. The van der Waals surface area contributed by atoms with E-state index in [0.717, 1.165) is 38.2 Å². The van der Waals surface area contributed by atoms with E-state index in [2.05, 4.69) is 28.9 Å². The molecule has 0 saturated carbocycles. The quantitative estimate of drug-likeness (QED) is 0.671. The van der Waals surface area contributed by atoms with Crippen molar-refractivity contribution in [1.29, 1.82) is 0 Å². The largest absolute Gasteiger partial charge is 0.493 e. The number of ether oxygens (including phenoxy) is 2. The van der Waals surface area contributed by atoms with Crippen LogP contribution in [0.5, 0.6) is 11.5 Å². The minimum atomic E-state index is -0.00195. The van der Waals surface area contributed by atoms with Gasteiger partial charge in [0.05, 0.1) is 20.3 Å². The molecule has 8 nitrogen and oxygen atoms in total. The van der Waals surface area contributed by atoms with E-state index in [4.69, 9.17) is 14.0 Å². The molecule has 1 atom stereocenters. The second-order valence-corrected chi connectivity index (χ2v) is 7.23. The molecule has 158 valence electrons. The average molecular weight is 402 g/mol. The van der Waals surface area contributed by atoms with Crippen molar-refractivity contribution in [2.75, 3.05) is 40.4 Å². The van der Waals surface area contributed by atoms with Crippen LogP contribution >= 0.6 is 0 Å². The number of unbranched alkanes of at least 4 members (excludes halogenated alkanes) is 1. The Morgan fingerprint density at radius 1 is 1.17 bits per heavy atom. The molecule has 8 heteroatoms. The van der Waals surface area contributed by atoms with E-state index in [1.54, 1.807) is 32.4 Å². The molecule has 0 radical (unpaired) electrons. The molecule has 2 heterocycles. The number of amides is 1. The molecule has 0 bridgehead atoms. The summed E-state index contributed by atoms with van der Waals surface area (Å²) in [5.74, 6) is 2.59. The van der Waals surface area contributed by atoms with Crippen molar-refractivity contribution >= 4 is 5.91 Å². The molecule has 1 aliphatic rings. The lowest BCUT2D eigenvalue weighted by Crippen LogP contribution is -2.49. The summed E-state index contributed by atoms with van der Waals surface area (Å²) in [6, 6.07) is 5.30. The Morgan fingerprint density at radius 2 is 1.90 bits per heavy atom. The Kier molecular flexibility index (Phi) is 7.09. The second kappa shape index (κ2) is 9.73. The normalized spacial score (nSPS) is 15.9. The zero-order chi connectivity index (χ0) is 20.8. The molecule has 0 spiro atoms. The first-order valence-electron chi connectivity index (χ1n) is 10.1. The number of aromatic nitrogens is 2. The number of hydrogen-bond donors (Lipinski definition) is 0. The summed E-state index contributed by atoms with van der Waals surface area (Å²) >= 11 is 0. The van der Waals surface area contributed by atoms with E-state index in [9.17, 15) is 4.79 Å². The van der Waals surface area contributed by atoms with Gasteiger partial charge in [0, 0.05) is 38.2 Å². The van der Waals surface area contributed by atoms with Crippen molar-refractivity contribution < 1.29 is 18.8 Å². The summed E-state index contributed by atoms with van der Waals surface area (Å²) in [4.78, 5) is 21.6. The van der Waals surface area contributed by atoms with E-state index in [-0.39, 0.29) is 11.9 Å². The van der Waals surface area contributed by atoms with Gasteiger partial charge in [-0.1, -0.05) is 18.5 Å². The van der Waals surface area contributed by atoms with Gasteiger partial charge in [-0.05, 0) is 31.5 Å². The van der Waals surface area contributed by atoms with E-state index >= 15 is 0 Å². The molecule has 1 amide bonds. The first-order chi connectivity index (χ1) is 14.1. The number of hydrogen-bond acceptors (Lipinski definition) is 7. The second-order valence-electron chi connectivity index (χ2n) is 7.23. The highest BCUT2D eigenvalue weighted by Gasteiger charge is 2.28. The highest BCUT2D eigenvalue weighted by molar-refractivity contribution is 5.95. The first kappa shape index (κ1) is 21.1. The van der Waals surface area contributed by atoms with Gasteiger partial charge >= 0.3 is 0 Å². The number of aryl methyl sites for hydroxylation is 1. The van der Waals surface area contributed by atoms with Crippen LogP contribution < -0.4 is 9.47 Å². The Balaban J connectivity index is 1.58. The van der Waals surface area contributed by atoms with Crippen molar-refractivity contribution in [3.63, 3.8) is 0 Å². The third-order valence-electron chi connectivity index (χ3n) is 5.37. The van der Waals surface area contributed by atoms with Crippen molar-refractivity contribution in [2.24, 2.45) is 0 Å². The van der Waals surface area contributed by atoms with Crippen LogP contribution in [0.2, 0.25) is 0 Å². The predicted octanol–water partition coefficient (Wildman–Crippen LogP) is 2.95. The highest BCUT2D eigenvalue weighted by atomic mass is 16.5. The van der Waals surface area contributed by atoms with Crippen molar-refractivity contribution in [3.05, 3.63) is 35.5 Å². The number of nitrogens with zero attached hydrogens (tertiary/aromatic N) is 4. The summed E-state index contributed by atoms with van der Waals surface area (Å²) in [6.45, 7) is 7.03. The van der Waals surface area contributed by atoms with Gasteiger partial charge in [0.15, 0.2) is 17.3 Å². The van der Waals surface area contributed by atoms with Crippen molar-refractivity contribution in [3.8, 4) is 11.5 Å². The average Bonchev–Trinajstić information content (AvgIpc) is 3.25. The number of benzene rings is 1. The van der Waals surface area contributed by atoms with Crippen LogP contribution in [0.15, 0.2) is 22.7 Å². The maximum atomic E-state index is 12.9. The fraction of sp³-hybridized carbons (Fsp3) is 0.571. The molecule has 1 unspecified atom stereocenters. The number of carbonyl (C=O) groups is 1. The van der Waals surface area contributed by atoms with Gasteiger partial charge in [-0.3, -0.25) is 9.69 Å². The van der Waals surface area contributed by atoms with Crippen LogP contribution in [-0.2, 0) is 6.42 Å². The fourth-order valence-electron chi connectivity index (χ4n) is 3.49. The molecule has 1 aromatic carbocycles. The lowest BCUT2D eigenvalue weighted by atomic mass is 10.1. The van der Waals surface area contributed by atoms with Crippen LogP contribution in [0.4, 0.5) is 0 Å². The molecule has 1 fully saturated rings. The molecule has 3 rings (SSSR count). The summed E-state index contributed by atoms with van der Waals surface area (Å²) in [5.41, 5.74) is 0.599. The first-order valence-corrected chi connectivity index (χ1v) is 10.1. The van der Waals surface area contributed by atoms with Gasteiger partial charge < -0.3 is 18.9 Å². The topological polar surface area (TPSA) is 80.9 Å². The van der Waals surface area contributed by atoms with Crippen LogP contribution in [0, 0.1) is 0 Å². The molecular weight excluding hydrogens is 372 g/mol. The van der Waals surface area contributed by atoms with Gasteiger partial charge in [0.1, 0.15) is 0 Å². The summed E-state index contributed by atoms with van der Waals surface area (Å²) in [6.07, 6.45) is 3.01. The molecule has 0 aliphatic carbocycles. The maximum Gasteiger partial charge on any atom is 0.254 e. The monoisotopic (exact) mass is 402 g/mol. The van der Waals surface area contributed by atoms with E-state index in [1.165, 1.54) is 0 Å². The predicted molar refractivity (Wildman–Crippen MR) is 108 cm³/mol. The van der Waals surface area contributed by atoms with Crippen LogP contribution in [0.25, 0.3) is 0 Å². The minimum Gasteiger partial charge on any atom is -0.493 e. The van der Waals surface area contributed by atoms with E-state index < -0.39 is 0 Å². The summed E-state index contributed by atoms with van der Waals surface area (Å²) < 4.78 is 16.0. The SMILES string of the molecule is CCCCc1noc(C(C)N2CCN(C(=O)c3ccc(OC)c(OC)c3)CC2)n1.